The van der Waals surface area contributed by atoms with Crippen molar-refractivity contribution < 1.29 is 61.0 Å². The van der Waals surface area contributed by atoms with Crippen LogP contribution in [0.2, 0.25) is 0 Å². The molecule has 62 heavy (non-hydrogen) atoms. The highest BCUT2D eigenvalue weighted by Crippen LogP contribution is 2.43. The standard InChI is InChI=1S/C39H43N5O14S4/c1-5-6-13-56-36-22-32(25(3)16-31(36)40)41-43-34-17-26(4)33(23-37(34)57-14-8-15-59(45,46)47)42-44-35-20-29(60(48,49)50)18-27-19-30(61(51,52)53)21-38(39(27)35)58-62(54,55)28-10-7-9-24(2)11-12-28/h7,9,11-12,16-23H,5-6,8,10,13-15,40H2,1-4H3,(H,45,46,47)(H,48,49,50)(H,51,52,53). The quantitative estimate of drug-likeness (QED) is 0.0238. The predicted octanol–water partition coefficient (Wildman–Crippen LogP) is 8.70. The molecule has 0 atom stereocenters. The molecule has 0 radical (unpaired) electrons. The Kier molecular flexibility index (Phi) is 14.7. The number of nitrogen functional groups attached to an aromatic ring is 1. The molecule has 5 rings (SSSR count). The molecular formula is C39H43N5O14S4. The Hall–Kier alpha value is -5.56. The summed E-state index contributed by atoms with van der Waals surface area (Å²) in [5, 5.41) is 16.6. The Morgan fingerprint density at radius 2 is 1.21 bits per heavy atom. The van der Waals surface area contributed by atoms with E-state index in [0.717, 1.165) is 36.6 Å². The van der Waals surface area contributed by atoms with Gasteiger partial charge in [-0.25, -0.2) is 0 Å². The molecule has 0 amide bonds. The monoisotopic (exact) mass is 933 g/mol. The van der Waals surface area contributed by atoms with E-state index in [4.69, 9.17) is 19.4 Å². The molecule has 0 aromatic heterocycles. The van der Waals surface area contributed by atoms with Crippen LogP contribution in [0.25, 0.3) is 10.8 Å². The fourth-order valence-electron chi connectivity index (χ4n) is 5.77. The van der Waals surface area contributed by atoms with Gasteiger partial charge in [-0.3, -0.25) is 13.7 Å². The molecular weight excluding hydrogens is 891 g/mol. The zero-order chi connectivity index (χ0) is 45.6. The summed E-state index contributed by atoms with van der Waals surface area (Å²) >= 11 is 0. The summed E-state index contributed by atoms with van der Waals surface area (Å²) in [7, 11) is -19.1. The van der Waals surface area contributed by atoms with Crippen molar-refractivity contribution in [1.82, 2.24) is 0 Å². The smallest absolute Gasteiger partial charge is 0.335 e. The van der Waals surface area contributed by atoms with E-state index in [0.29, 0.717) is 40.9 Å². The second-order valence-electron chi connectivity index (χ2n) is 14.0. The largest absolute Gasteiger partial charge is 0.491 e. The lowest BCUT2D eigenvalue weighted by Gasteiger charge is -2.14. The maximum Gasteiger partial charge on any atom is 0.335 e. The molecule has 0 saturated carbocycles. The second kappa shape index (κ2) is 19.2. The number of aryl methyl sites for hydroxylation is 2. The van der Waals surface area contributed by atoms with Crippen LogP contribution in [0.3, 0.4) is 0 Å². The zero-order valence-electron chi connectivity index (χ0n) is 33.7. The highest BCUT2D eigenvalue weighted by molar-refractivity contribution is 7.91. The number of anilines is 1. The third-order valence-electron chi connectivity index (χ3n) is 8.98. The summed E-state index contributed by atoms with van der Waals surface area (Å²) in [5.74, 6) is -0.888. The van der Waals surface area contributed by atoms with Gasteiger partial charge in [-0.1, -0.05) is 37.1 Å². The van der Waals surface area contributed by atoms with Gasteiger partial charge in [0.15, 0.2) is 5.75 Å². The first-order valence-corrected chi connectivity index (χ1v) is 24.5. The fourth-order valence-corrected chi connectivity index (χ4v) is 8.33. The van der Waals surface area contributed by atoms with Crippen molar-refractivity contribution in [3.05, 3.63) is 94.4 Å². The Bertz CT molecular complexity index is 3010. The van der Waals surface area contributed by atoms with E-state index in [-0.39, 0.29) is 52.3 Å². The van der Waals surface area contributed by atoms with Gasteiger partial charge in [-0.05, 0) is 86.5 Å². The van der Waals surface area contributed by atoms with Gasteiger partial charge < -0.3 is 19.4 Å². The summed E-state index contributed by atoms with van der Waals surface area (Å²) in [6.45, 7) is 7.31. The Labute approximate surface area is 359 Å². The normalized spacial score (nSPS) is 14.0. The fraction of sp³-hybridized carbons (Fsp3) is 0.282. The minimum absolute atomic E-state index is 0.00983. The molecule has 0 fully saturated rings. The number of unbranched alkanes of at least 4 members (excludes halogenated alkanes) is 1. The number of fused-ring (bicyclic) bond motifs is 1. The molecule has 0 spiro atoms. The third kappa shape index (κ3) is 12.5. The van der Waals surface area contributed by atoms with E-state index in [1.165, 1.54) is 24.3 Å². The molecule has 332 valence electrons. The Morgan fingerprint density at radius 3 is 1.84 bits per heavy atom. The summed E-state index contributed by atoms with van der Waals surface area (Å²) in [6.07, 6.45) is 7.52. The molecule has 1 aliphatic rings. The Balaban J connectivity index is 1.66. The van der Waals surface area contributed by atoms with Gasteiger partial charge in [0, 0.05) is 24.6 Å². The van der Waals surface area contributed by atoms with Crippen molar-refractivity contribution in [2.24, 2.45) is 20.5 Å². The first-order valence-electron chi connectivity index (χ1n) is 18.6. The van der Waals surface area contributed by atoms with E-state index in [1.807, 2.05) is 6.92 Å². The lowest BCUT2D eigenvalue weighted by molar-refractivity contribution is 0.311. The molecule has 5 N–H and O–H groups in total. The highest BCUT2D eigenvalue weighted by Gasteiger charge is 2.26. The SMILES string of the molecule is CCCCOc1cc(N=Nc2cc(C)c(N=Nc3cc(S(=O)(=O)O)cc4cc(S(=O)(=O)O)cc(OS(=O)(=O)C5=CC=C(C)C=CC5)c34)cc2OCCCS(=O)(=O)O)c(C)cc1N. The summed E-state index contributed by atoms with van der Waals surface area (Å²) in [6, 6.07) is 9.35. The van der Waals surface area contributed by atoms with E-state index in [2.05, 4.69) is 20.5 Å². The number of nitrogens with zero attached hydrogens (tertiary/aromatic N) is 4. The Morgan fingerprint density at radius 1 is 0.645 bits per heavy atom. The number of azo groups is 2. The van der Waals surface area contributed by atoms with Gasteiger partial charge in [0.2, 0.25) is 0 Å². The van der Waals surface area contributed by atoms with Gasteiger partial charge in [0.05, 0.1) is 61.8 Å². The van der Waals surface area contributed by atoms with Crippen LogP contribution in [0.5, 0.6) is 17.2 Å². The first kappa shape index (κ1) is 47.5. The van der Waals surface area contributed by atoms with Crippen molar-refractivity contribution in [1.29, 1.82) is 0 Å². The number of hydrogen-bond donors (Lipinski definition) is 4. The van der Waals surface area contributed by atoms with Crippen LogP contribution >= 0.6 is 0 Å². The van der Waals surface area contributed by atoms with E-state index in [9.17, 15) is 47.3 Å². The topological polar surface area (TPSA) is 300 Å². The van der Waals surface area contributed by atoms with Crippen LogP contribution in [0.15, 0.2) is 114 Å². The number of rotatable bonds is 18. The lowest BCUT2D eigenvalue weighted by Crippen LogP contribution is -2.13. The van der Waals surface area contributed by atoms with Crippen LogP contribution < -0.4 is 19.4 Å². The molecule has 0 aliphatic heterocycles. The summed E-state index contributed by atoms with van der Waals surface area (Å²) in [5.41, 5.74) is 8.51. The van der Waals surface area contributed by atoms with E-state index < -0.39 is 67.5 Å². The van der Waals surface area contributed by atoms with Crippen molar-refractivity contribution in [3.8, 4) is 17.2 Å². The predicted molar refractivity (Wildman–Crippen MR) is 231 cm³/mol. The maximum absolute atomic E-state index is 13.6. The van der Waals surface area contributed by atoms with Crippen LogP contribution in [0, 0.1) is 13.8 Å². The molecule has 0 saturated heterocycles. The average Bonchev–Trinajstić information content (AvgIpc) is 3.40. The molecule has 0 bridgehead atoms. The molecule has 0 heterocycles. The number of allylic oxidation sites excluding steroid dienone is 6. The van der Waals surface area contributed by atoms with E-state index >= 15 is 0 Å². The second-order valence-corrected chi connectivity index (χ2v) is 20.0. The van der Waals surface area contributed by atoms with Crippen LogP contribution in [-0.4, -0.2) is 66.3 Å². The van der Waals surface area contributed by atoms with Crippen LogP contribution in [0.4, 0.5) is 28.4 Å². The lowest BCUT2D eigenvalue weighted by atomic mass is 10.1. The number of hydrogen-bond acceptors (Lipinski definition) is 16. The number of nitrogens with two attached hydrogens (primary N) is 1. The van der Waals surface area contributed by atoms with Gasteiger partial charge >= 0.3 is 10.1 Å². The number of ether oxygens (including phenoxy) is 2. The molecule has 4 aromatic rings. The van der Waals surface area contributed by atoms with Gasteiger partial charge in [0.1, 0.15) is 17.2 Å². The molecule has 23 heteroatoms. The van der Waals surface area contributed by atoms with Crippen molar-refractivity contribution in [2.45, 2.75) is 63.2 Å². The van der Waals surface area contributed by atoms with Crippen molar-refractivity contribution in [2.75, 3.05) is 24.7 Å². The minimum atomic E-state index is -5.06. The molecule has 19 nitrogen and oxygen atoms in total. The van der Waals surface area contributed by atoms with Crippen LogP contribution in [-0.2, 0) is 40.5 Å². The van der Waals surface area contributed by atoms with Gasteiger partial charge in [-0.2, -0.15) is 43.9 Å². The van der Waals surface area contributed by atoms with Crippen molar-refractivity contribution in [3.63, 3.8) is 0 Å². The maximum atomic E-state index is 13.6. The zero-order valence-corrected chi connectivity index (χ0v) is 37.0. The highest BCUT2D eigenvalue weighted by atomic mass is 32.2. The van der Waals surface area contributed by atoms with Gasteiger partial charge in [0.25, 0.3) is 30.4 Å². The van der Waals surface area contributed by atoms with Crippen LogP contribution in [0.1, 0.15) is 50.7 Å². The molecule has 1 aliphatic carbocycles. The van der Waals surface area contributed by atoms with Gasteiger partial charge in [-0.15, -0.1) is 10.2 Å². The molecule has 0 unspecified atom stereocenters. The minimum Gasteiger partial charge on any atom is -0.491 e. The summed E-state index contributed by atoms with van der Waals surface area (Å²) in [4.78, 5) is -1.90. The number of benzene rings is 4. The third-order valence-corrected chi connectivity index (χ3v) is 12.8. The summed E-state index contributed by atoms with van der Waals surface area (Å²) < 4.78 is 146. The average molecular weight is 934 g/mol. The van der Waals surface area contributed by atoms with E-state index in [1.54, 1.807) is 45.1 Å². The van der Waals surface area contributed by atoms with Crippen molar-refractivity contribution >= 4 is 79.7 Å². The first-order chi connectivity index (χ1) is 28.9. The molecule has 4 aromatic carbocycles.